The second-order valence-corrected chi connectivity index (χ2v) is 5.73. The maximum atomic E-state index is 11.2. The van der Waals surface area contributed by atoms with Crippen LogP contribution < -0.4 is 10.6 Å². The first-order valence-corrected chi connectivity index (χ1v) is 7.10. The van der Waals surface area contributed by atoms with Gasteiger partial charge >= 0.3 is 0 Å². The minimum absolute atomic E-state index is 0.00328. The van der Waals surface area contributed by atoms with Crippen LogP contribution in [0.3, 0.4) is 0 Å². The molecule has 0 aromatic carbocycles. The Hall–Kier alpha value is -1.36. The average Bonchev–Trinajstić information content (AvgIpc) is 3.22. The first-order valence-electron chi connectivity index (χ1n) is 6.72. The molecule has 1 saturated carbocycles. The molecule has 102 valence electrons. The van der Waals surface area contributed by atoms with E-state index in [1.54, 1.807) is 6.07 Å². The highest BCUT2D eigenvalue weighted by molar-refractivity contribution is 6.29. The van der Waals surface area contributed by atoms with Gasteiger partial charge in [0.25, 0.3) is 0 Å². The lowest BCUT2D eigenvalue weighted by molar-refractivity contribution is -0.122. The van der Waals surface area contributed by atoms with Crippen molar-refractivity contribution in [1.82, 2.24) is 9.97 Å². The van der Waals surface area contributed by atoms with E-state index in [-0.39, 0.29) is 11.8 Å². The number of hydrogen-bond acceptors (Lipinski definition) is 4. The van der Waals surface area contributed by atoms with E-state index in [9.17, 15) is 4.79 Å². The van der Waals surface area contributed by atoms with E-state index >= 15 is 0 Å². The molecule has 0 spiro atoms. The lowest BCUT2D eigenvalue weighted by Gasteiger charge is -2.31. The van der Waals surface area contributed by atoms with Crippen LogP contribution in [0.25, 0.3) is 0 Å². The molecule has 1 aromatic heterocycles. The SMILES string of the molecule is NC(=O)C1CCN(c2cc(Cl)nc(C3CC3)n2)CC1. The molecule has 1 amide bonds. The molecule has 6 heteroatoms. The highest BCUT2D eigenvalue weighted by Crippen LogP contribution is 2.39. The Bertz CT molecular complexity index is 495. The number of piperidine rings is 1. The Balaban J connectivity index is 1.74. The number of hydrogen-bond donors (Lipinski definition) is 1. The maximum Gasteiger partial charge on any atom is 0.220 e. The summed E-state index contributed by atoms with van der Waals surface area (Å²) in [6.07, 6.45) is 3.89. The van der Waals surface area contributed by atoms with Gasteiger partial charge in [-0.2, -0.15) is 0 Å². The van der Waals surface area contributed by atoms with Crippen LogP contribution in [0, 0.1) is 5.92 Å². The van der Waals surface area contributed by atoms with Crippen LogP contribution in [-0.4, -0.2) is 29.0 Å². The van der Waals surface area contributed by atoms with Gasteiger partial charge in [-0.05, 0) is 25.7 Å². The van der Waals surface area contributed by atoms with Crippen LogP contribution in [0.15, 0.2) is 6.07 Å². The van der Waals surface area contributed by atoms with Crippen molar-refractivity contribution in [3.63, 3.8) is 0 Å². The smallest absolute Gasteiger partial charge is 0.220 e. The second kappa shape index (κ2) is 4.96. The fraction of sp³-hybridized carbons (Fsp3) is 0.615. The Morgan fingerprint density at radius 3 is 2.53 bits per heavy atom. The van der Waals surface area contributed by atoms with Gasteiger partial charge in [0, 0.05) is 31.0 Å². The van der Waals surface area contributed by atoms with Crippen LogP contribution >= 0.6 is 11.6 Å². The van der Waals surface area contributed by atoms with E-state index in [1.165, 1.54) is 0 Å². The second-order valence-electron chi connectivity index (χ2n) is 5.35. The third kappa shape index (κ3) is 2.81. The van der Waals surface area contributed by atoms with Gasteiger partial charge in [0.05, 0.1) is 0 Å². The van der Waals surface area contributed by atoms with Gasteiger partial charge in [0.2, 0.25) is 5.91 Å². The summed E-state index contributed by atoms with van der Waals surface area (Å²) >= 11 is 6.07. The predicted octanol–water partition coefficient (Wildman–Crippen LogP) is 1.71. The van der Waals surface area contributed by atoms with Crippen molar-refractivity contribution in [2.45, 2.75) is 31.6 Å². The number of carbonyl (C=O) groups is 1. The molecule has 2 heterocycles. The number of carbonyl (C=O) groups excluding carboxylic acids is 1. The molecule has 2 N–H and O–H groups in total. The van der Waals surface area contributed by atoms with E-state index in [2.05, 4.69) is 14.9 Å². The zero-order valence-electron chi connectivity index (χ0n) is 10.7. The summed E-state index contributed by atoms with van der Waals surface area (Å²) in [4.78, 5) is 22.2. The Kier molecular flexibility index (Phi) is 3.31. The predicted molar refractivity (Wildman–Crippen MR) is 73.1 cm³/mol. The molecule has 19 heavy (non-hydrogen) atoms. The number of anilines is 1. The number of halogens is 1. The fourth-order valence-corrected chi connectivity index (χ4v) is 2.69. The molecule has 5 nitrogen and oxygen atoms in total. The molecule has 2 aliphatic rings. The third-order valence-electron chi connectivity index (χ3n) is 3.86. The highest BCUT2D eigenvalue weighted by atomic mass is 35.5. The molecule has 3 rings (SSSR count). The van der Waals surface area contributed by atoms with Gasteiger partial charge in [-0.15, -0.1) is 0 Å². The van der Waals surface area contributed by atoms with E-state index in [1.807, 2.05) is 0 Å². The van der Waals surface area contributed by atoms with Gasteiger partial charge in [-0.25, -0.2) is 9.97 Å². The monoisotopic (exact) mass is 280 g/mol. The van der Waals surface area contributed by atoms with Crippen LogP contribution in [0.5, 0.6) is 0 Å². The zero-order valence-corrected chi connectivity index (χ0v) is 11.4. The van der Waals surface area contributed by atoms with Crippen molar-refractivity contribution >= 4 is 23.3 Å². The quantitative estimate of drug-likeness (QED) is 0.856. The number of amides is 1. The first-order chi connectivity index (χ1) is 9.13. The number of aromatic nitrogens is 2. The summed E-state index contributed by atoms with van der Waals surface area (Å²) in [6.45, 7) is 1.59. The van der Waals surface area contributed by atoms with Gasteiger partial charge in [-0.1, -0.05) is 11.6 Å². The molecule has 1 aliphatic carbocycles. The van der Waals surface area contributed by atoms with Gasteiger partial charge in [-0.3, -0.25) is 4.79 Å². The summed E-state index contributed by atoms with van der Waals surface area (Å²) in [6, 6.07) is 1.80. The highest BCUT2D eigenvalue weighted by Gasteiger charge is 2.29. The minimum Gasteiger partial charge on any atom is -0.369 e. The number of nitrogens with zero attached hydrogens (tertiary/aromatic N) is 3. The molecular weight excluding hydrogens is 264 g/mol. The Morgan fingerprint density at radius 1 is 1.26 bits per heavy atom. The normalized spacial score (nSPS) is 20.6. The molecule has 0 radical (unpaired) electrons. The summed E-state index contributed by atoms with van der Waals surface area (Å²) in [5.74, 6) is 2.03. The van der Waals surface area contributed by atoms with Gasteiger partial charge in [0.1, 0.15) is 16.8 Å². The number of nitrogens with two attached hydrogens (primary N) is 1. The minimum atomic E-state index is -0.195. The van der Waals surface area contributed by atoms with Crippen LogP contribution in [-0.2, 0) is 4.79 Å². The fourth-order valence-electron chi connectivity index (χ4n) is 2.50. The summed E-state index contributed by atoms with van der Waals surface area (Å²) < 4.78 is 0. The zero-order chi connectivity index (χ0) is 13.4. The summed E-state index contributed by atoms with van der Waals surface area (Å²) in [7, 11) is 0. The molecule has 1 aliphatic heterocycles. The number of primary amides is 1. The van der Waals surface area contributed by atoms with Crippen molar-refractivity contribution in [3.05, 3.63) is 17.0 Å². The van der Waals surface area contributed by atoms with Gasteiger partial charge < -0.3 is 10.6 Å². The third-order valence-corrected chi connectivity index (χ3v) is 4.06. The molecule has 0 unspecified atom stereocenters. The van der Waals surface area contributed by atoms with Crippen LogP contribution in [0.1, 0.15) is 37.4 Å². The van der Waals surface area contributed by atoms with E-state index in [4.69, 9.17) is 17.3 Å². The molecule has 0 atom stereocenters. The summed E-state index contributed by atoms with van der Waals surface area (Å²) in [5.41, 5.74) is 5.34. The standard InChI is InChI=1S/C13H17ClN4O/c14-10-7-11(17-13(16-10)9-1-2-9)18-5-3-8(4-6-18)12(15)19/h7-9H,1-6H2,(H2,15,19). The van der Waals surface area contributed by atoms with Crippen molar-refractivity contribution < 1.29 is 4.79 Å². The largest absolute Gasteiger partial charge is 0.369 e. The maximum absolute atomic E-state index is 11.2. The van der Waals surface area contributed by atoms with Crippen LogP contribution in [0.4, 0.5) is 5.82 Å². The van der Waals surface area contributed by atoms with Crippen molar-refractivity contribution in [2.24, 2.45) is 11.7 Å². The topological polar surface area (TPSA) is 72.1 Å². The molecule has 1 aromatic rings. The lowest BCUT2D eigenvalue weighted by Crippen LogP contribution is -2.39. The molecular formula is C13H17ClN4O. The van der Waals surface area contributed by atoms with Crippen LogP contribution in [0.2, 0.25) is 5.15 Å². The Labute approximate surface area is 117 Å². The van der Waals surface area contributed by atoms with Crippen molar-refractivity contribution in [2.75, 3.05) is 18.0 Å². The lowest BCUT2D eigenvalue weighted by atomic mass is 9.96. The first kappa shape index (κ1) is 12.7. The number of rotatable bonds is 3. The van der Waals surface area contributed by atoms with Crippen molar-refractivity contribution in [3.8, 4) is 0 Å². The summed E-state index contributed by atoms with van der Waals surface area (Å²) in [5, 5.41) is 0.504. The van der Waals surface area contributed by atoms with Gasteiger partial charge in [0.15, 0.2) is 0 Å². The molecule has 0 bridgehead atoms. The molecule has 1 saturated heterocycles. The van der Waals surface area contributed by atoms with Crippen molar-refractivity contribution in [1.29, 1.82) is 0 Å². The van der Waals surface area contributed by atoms with E-state index in [0.29, 0.717) is 11.1 Å². The van der Waals surface area contributed by atoms with E-state index < -0.39 is 0 Å². The average molecular weight is 281 g/mol. The van der Waals surface area contributed by atoms with E-state index in [0.717, 1.165) is 50.4 Å². The molecule has 2 fully saturated rings. The Morgan fingerprint density at radius 2 is 1.95 bits per heavy atom.